The maximum absolute atomic E-state index is 12.3. The second-order valence-corrected chi connectivity index (χ2v) is 5.07. The van der Waals surface area contributed by atoms with E-state index in [1.165, 1.54) is 0 Å². The van der Waals surface area contributed by atoms with E-state index in [0.717, 1.165) is 31.6 Å². The molecule has 3 nitrogen and oxygen atoms in total. The lowest BCUT2D eigenvalue weighted by atomic mass is 10.1. The van der Waals surface area contributed by atoms with Gasteiger partial charge in [0.2, 0.25) is 5.91 Å². The van der Waals surface area contributed by atoms with E-state index < -0.39 is 0 Å². The molecule has 0 saturated carbocycles. The van der Waals surface area contributed by atoms with Gasteiger partial charge in [-0.2, -0.15) is 0 Å². The van der Waals surface area contributed by atoms with E-state index in [9.17, 15) is 4.79 Å². The van der Waals surface area contributed by atoms with Crippen LogP contribution in [0.25, 0.3) is 0 Å². The van der Waals surface area contributed by atoms with Crippen molar-refractivity contribution < 1.29 is 4.79 Å². The molecule has 98 valence electrons. The summed E-state index contributed by atoms with van der Waals surface area (Å²) in [6.07, 6.45) is 1.52. The molecular weight excluding hydrogens is 248 g/mol. The monoisotopic (exact) mass is 266 g/mol. The molecule has 0 bridgehead atoms. The second kappa shape index (κ2) is 6.21. The van der Waals surface area contributed by atoms with Crippen LogP contribution < -0.4 is 5.32 Å². The molecule has 18 heavy (non-hydrogen) atoms. The lowest BCUT2D eigenvalue weighted by molar-refractivity contribution is -0.132. The van der Waals surface area contributed by atoms with Gasteiger partial charge in [0.25, 0.3) is 0 Å². The molecular formula is C14H19ClN2O. The van der Waals surface area contributed by atoms with Gasteiger partial charge in [-0.05, 0) is 37.6 Å². The lowest BCUT2D eigenvalue weighted by Gasteiger charge is -2.27. The highest BCUT2D eigenvalue weighted by atomic mass is 35.5. The highest BCUT2D eigenvalue weighted by Gasteiger charge is 2.24. The van der Waals surface area contributed by atoms with Gasteiger partial charge < -0.3 is 10.2 Å². The van der Waals surface area contributed by atoms with Gasteiger partial charge >= 0.3 is 0 Å². The number of carbonyl (C=O) groups is 1. The average Bonchev–Trinajstić information content (AvgIpc) is 2.87. The zero-order valence-electron chi connectivity index (χ0n) is 10.7. The first-order valence-electron chi connectivity index (χ1n) is 6.45. The van der Waals surface area contributed by atoms with Crippen molar-refractivity contribution in [1.82, 2.24) is 10.2 Å². The van der Waals surface area contributed by atoms with Crippen molar-refractivity contribution in [3.63, 3.8) is 0 Å². The van der Waals surface area contributed by atoms with Crippen LogP contribution in [0.3, 0.4) is 0 Å². The Balaban J connectivity index is 1.98. The van der Waals surface area contributed by atoms with Crippen molar-refractivity contribution in [3.05, 3.63) is 34.9 Å². The predicted molar refractivity (Wildman–Crippen MR) is 73.8 cm³/mol. The van der Waals surface area contributed by atoms with Crippen molar-refractivity contribution in [2.24, 2.45) is 0 Å². The number of rotatable bonds is 4. The van der Waals surface area contributed by atoms with Crippen molar-refractivity contribution in [2.75, 3.05) is 19.6 Å². The number of nitrogens with one attached hydrogen (secondary N) is 1. The van der Waals surface area contributed by atoms with Gasteiger partial charge in [0.05, 0.1) is 6.42 Å². The van der Waals surface area contributed by atoms with Crippen LogP contribution in [0.4, 0.5) is 0 Å². The molecule has 1 saturated heterocycles. The molecule has 0 aliphatic carbocycles. The number of halogens is 1. The Bertz CT molecular complexity index is 399. The standard InChI is InChI=1S/C14H19ClN2O/c1-2-17(13-7-8-16-10-13)14(18)9-11-3-5-12(15)6-4-11/h3-6,13,16H,2,7-10H2,1H3. The molecule has 1 fully saturated rings. The summed E-state index contributed by atoms with van der Waals surface area (Å²) in [5.41, 5.74) is 1.02. The number of amides is 1. The molecule has 0 aromatic heterocycles. The van der Waals surface area contributed by atoms with E-state index in [2.05, 4.69) is 5.32 Å². The number of hydrogen-bond donors (Lipinski definition) is 1. The molecule has 1 N–H and O–H groups in total. The molecule has 4 heteroatoms. The van der Waals surface area contributed by atoms with Crippen LogP contribution in [0.2, 0.25) is 5.02 Å². The second-order valence-electron chi connectivity index (χ2n) is 4.63. The van der Waals surface area contributed by atoms with Gasteiger partial charge in [-0.1, -0.05) is 23.7 Å². The van der Waals surface area contributed by atoms with Gasteiger partial charge in [-0.3, -0.25) is 4.79 Å². The number of nitrogens with zero attached hydrogens (tertiary/aromatic N) is 1. The highest BCUT2D eigenvalue weighted by Crippen LogP contribution is 2.13. The quantitative estimate of drug-likeness (QED) is 0.905. The van der Waals surface area contributed by atoms with Gasteiger partial charge in [-0.25, -0.2) is 0 Å². The van der Waals surface area contributed by atoms with Crippen molar-refractivity contribution in [3.8, 4) is 0 Å². The summed E-state index contributed by atoms with van der Waals surface area (Å²) < 4.78 is 0. The van der Waals surface area contributed by atoms with Crippen LogP contribution in [0.15, 0.2) is 24.3 Å². The van der Waals surface area contributed by atoms with Crippen LogP contribution in [0.1, 0.15) is 18.9 Å². The Labute approximate surface area is 113 Å². The third-order valence-electron chi connectivity index (χ3n) is 3.40. The smallest absolute Gasteiger partial charge is 0.227 e. The normalized spacial score (nSPS) is 18.9. The fourth-order valence-corrected chi connectivity index (χ4v) is 2.55. The molecule has 1 aromatic rings. The van der Waals surface area contributed by atoms with E-state index in [-0.39, 0.29) is 5.91 Å². The minimum atomic E-state index is 0.202. The lowest BCUT2D eigenvalue weighted by Crippen LogP contribution is -2.42. The molecule has 1 heterocycles. The van der Waals surface area contributed by atoms with Crippen molar-refractivity contribution >= 4 is 17.5 Å². The van der Waals surface area contributed by atoms with Crippen molar-refractivity contribution in [1.29, 1.82) is 0 Å². The first-order valence-corrected chi connectivity index (χ1v) is 6.83. The van der Waals surface area contributed by atoms with Crippen LogP contribution in [-0.4, -0.2) is 36.5 Å². The zero-order chi connectivity index (χ0) is 13.0. The Morgan fingerprint density at radius 2 is 2.17 bits per heavy atom. The zero-order valence-corrected chi connectivity index (χ0v) is 11.4. The minimum absolute atomic E-state index is 0.202. The maximum Gasteiger partial charge on any atom is 0.227 e. The fraction of sp³-hybridized carbons (Fsp3) is 0.500. The molecule has 0 spiro atoms. The largest absolute Gasteiger partial charge is 0.338 e. The Hall–Kier alpha value is -1.06. The van der Waals surface area contributed by atoms with E-state index in [4.69, 9.17) is 11.6 Å². The van der Waals surface area contributed by atoms with E-state index in [1.54, 1.807) is 0 Å². The van der Waals surface area contributed by atoms with E-state index in [1.807, 2.05) is 36.1 Å². The molecule has 1 unspecified atom stereocenters. The molecule has 1 atom stereocenters. The molecule has 1 aliphatic rings. The van der Waals surface area contributed by atoms with Gasteiger partial charge in [0.1, 0.15) is 0 Å². The summed E-state index contributed by atoms with van der Waals surface area (Å²) in [5, 5.41) is 4.01. The Morgan fingerprint density at radius 3 is 2.72 bits per heavy atom. The van der Waals surface area contributed by atoms with Gasteiger partial charge in [0, 0.05) is 24.2 Å². The Kier molecular flexibility index (Phi) is 4.61. The summed E-state index contributed by atoms with van der Waals surface area (Å²) in [6.45, 7) is 4.74. The van der Waals surface area contributed by atoms with Crippen molar-refractivity contribution in [2.45, 2.75) is 25.8 Å². The van der Waals surface area contributed by atoms with Crippen LogP contribution in [0, 0.1) is 0 Å². The van der Waals surface area contributed by atoms with Gasteiger partial charge in [0.15, 0.2) is 0 Å². The topological polar surface area (TPSA) is 32.3 Å². The fourth-order valence-electron chi connectivity index (χ4n) is 2.42. The predicted octanol–water partition coefficient (Wildman–Crippen LogP) is 2.09. The maximum atomic E-state index is 12.3. The summed E-state index contributed by atoms with van der Waals surface area (Å²) in [7, 11) is 0. The van der Waals surface area contributed by atoms with Crippen LogP contribution in [-0.2, 0) is 11.2 Å². The number of likely N-dealkylation sites (N-methyl/N-ethyl adjacent to an activating group) is 1. The van der Waals surface area contributed by atoms with Crippen LogP contribution >= 0.6 is 11.6 Å². The highest BCUT2D eigenvalue weighted by molar-refractivity contribution is 6.30. The SMILES string of the molecule is CCN(C(=O)Cc1ccc(Cl)cc1)C1CCNC1. The van der Waals surface area contributed by atoms with E-state index >= 15 is 0 Å². The molecule has 1 aromatic carbocycles. The number of hydrogen-bond acceptors (Lipinski definition) is 2. The summed E-state index contributed by atoms with van der Waals surface area (Å²) in [6, 6.07) is 7.85. The first kappa shape index (κ1) is 13.4. The molecule has 2 rings (SSSR count). The third kappa shape index (κ3) is 3.24. The molecule has 1 aliphatic heterocycles. The minimum Gasteiger partial charge on any atom is -0.338 e. The Morgan fingerprint density at radius 1 is 1.44 bits per heavy atom. The van der Waals surface area contributed by atoms with Crippen LogP contribution in [0.5, 0.6) is 0 Å². The number of carbonyl (C=O) groups excluding carboxylic acids is 1. The summed E-state index contributed by atoms with van der Waals surface area (Å²) in [5.74, 6) is 0.202. The molecule has 1 amide bonds. The first-order chi connectivity index (χ1) is 8.70. The van der Waals surface area contributed by atoms with E-state index in [0.29, 0.717) is 17.5 Å². The summed E-state index contributed by atoms with van der Waals surface area (Å²) in [4.78, 5) is 14.3. The average molecular weight is 267 g/mol. The molecule has 0 radical (unpaired) electrons. The summed E-state index contributed by atoms with van der Waals surface area (Å²) >= 11 is 5.84. The third-order valence-corrected chi connectivity index (χ3v) is 3.66. The number of benzene rings is 1. The van der Waals surface area contributed by atoms with Gasteiger partial charge in [-0.15, -0.1) is 0 Å².